The van der Waals surface area contributed by atoms with Crippen molar-refractivity contribution in [3.05, 3.63) is 76.3 Å². The van der Waals surface area contributed by atoms with Gasteiger partial charge in [0, 0.05) is 5.02 Å². The fourth-order valence-corrected chi connectivity index (χ4v) is 3.41. The number of ether oxygens (including phenoxy) is 2. The second-order valence-electron chi connectivity index (χ2n) is 6.62. The van der Waals surface area contributed by atoms with Crippen LogP contribution in [-0.2, 0) is 11.2 Å². The van der Waals surface area contributed by atoms with E-state index in [0.29, 0.717) is 32.8 Å². The van der Waals surface area contributed by atoms with Crippen molar-refractivity contribution in [1.82, 2.24) is 15.0 Å². The second kappa shape index (κ2) is 9.24. The van der Waals surface area contributed by atoms with Gasteiger partial charge in [0.2, 0.25) is 0 Å². The van der Waals surface area contributed by atoms with Gasteiger partial charge in [-0.3, -0.25) is 4.79 Å². The number of aliphatic carboxylic acids is 1. The second-order valence-corrected chi connectivity index (χ2v) is 7.47. The van der Waals surface area contributed by atoms with Crippen molar-refractivity contribution in [3.63, 3.8) is 0 Å². The minimum Gasteiger partial charge on any atom is -0.488 e. The number of hydrogen-bond acceptors (Lipinski definition) is 5. The van der Waals surface area contributed by atoms with Crippen LogP contribution in [0.25, 0.3) is 16.7 Å². The van der Waals surface area contributed by atoms with Crippen molar-refractivity contribution < 1.29 is 19.4 Å². The van der Waals surface area contributed by atoms with Gasteiger partial charge in [-0.15, -0.1) is 15.0 Å². The third-order valence-electron chi connectivity index (χ3n) is 4.37. The Labute approximate surface area is 187 Å². The number of benzene rings is 3. The van der Waals surface area contributed by atoms with Gasteiger partial charge in [0.15, 0.2) is 0 Å². The zero-order valence-electron chi connectivity index (χ0n) is 16.2. The molecule has 158 valence electrons. The summed E-state index contributed by atoms with van der Waals surface area (Å²) in [6.45, 7) is 0.469. The molecule has 1 heterocycles. The predicted molar refractivity (Wildman–Crippen MR) is 118 cm³/mol. The average Bonchev–Trinajstić information content (AvgIpc) is 3.17. The predicted octanol–water partition coefficient (Wildman–Crippen LogP) is 4.81. The molecule has 7 nitrogen and oxygen atoms in total. The molecule has 4 rings (SSSR count). The van der Waals surface area contributed by atoms with Gasteiger partial charge in [0.25, 0.3) is 0 Å². The Balaban J connectivity index is 1.43. The monoisotopic (exact) mass is 457 g/mol. The molecule has 0 atom stereocenters. The Morgan fingerprint density at radius 2 is 1.55 bits per heavy atom. The molecule has 0 spiro atoms. The van der Waals surface area contributed by atoms with E-state index >= 15 is 0 Å². The quantitative estimate of drug-likeness (QED) is 0.382. The number of fused-ring (bicyclic) bond motifs is 1. The zero-order chi connectivity index (χ0) is 21.8. The summed E-state index contributed by atoms with van der Waals surface area (Å²) in [7, 11) is 0. The standard InChI is InChI=1S/C22H17Cl2N3O4/c23-15-6-8-21(19(13-15)27-25-17-3-1-2-4-18(17)26-27)31-10-9-30-20-7-5-14(11-16(20)24)12-22(28)29/h1-8,11,13H,9-10,12H2,(H,28,29). The van der Waals surface area contributed by atoms with E-state index in [1.54, 1.807) is 36.4 Å². The molecule has 9 heteroatoms. The Morgan fingerprint density at radius 3 is 2.19 bits per heavy atom. The minimum atomic E-state index is -0.920. The van der Waals surface area contributed by atoms with Crippen molar-refractivity contribution >= 4 is 40.2 Å². The molecule has 0 saturated heterocycles. The summed E-state index contributed by atoms with van der Waals surface area (Å²) in [6.07, 6.45) is -0.0983. The van der Waals surface area contributed by atoms with Gasteiger partial charge in [0.1, 0.15) is 41.4 Å². The van der Waals surface area contributed by atoms with Crippen LogP contribution in [0.4, 0.5) is 0 Å². The lowest BCUT2D eigenvalue weighted by molar-refractivity contribution is -0.136. The van der Waals surface area contributed by atoms with Gasteiger partial charge in [-0.1, -0.05) is 41.4 Å². The molecule has 0 unspecified atom stereocenters. The molecule has 0 aliphatic carbocycles. The van der Waals surface area contributed by atoms with Crippen LogP contribution in [0, 0.1) is 0 Å². The van der Waals surface area contributed by atoms with E-state index in [4.69, 9.17) is 37.8 Å². The molecule has 0 saturated carbocycles. The number of aromatic nitrogens is 3. The molecule has 0 bridgehead atoms. The number of halogens is 2. The number of rotatable bonds is 8. The van der Waals surface area contributed by atoms with Crippen molar-refractivity contribution in [3.8, 4) is 17.2 Å². The normalized spacial score (nSPS) is 10.9. The molecule has 1 N–H and O–H groups in total. The minimum absolute atomic E-state index is 0.0983. The van der Waals surface area contributed by atoms with E-state index in [2.05, 4.69) is 10.2 Å². The maximum absolute atomic E-state index is 10.8. The SMILES string of the molecule is O=C(O)Cc1ccc(OCCOc2ccc(Cl)cc2-n2nc3ccccc3n2)c(Cl)c1. The van der Waals surface area contributed by atoms with Crippen molar-refractivity contribution in [2.24, 2.45) is 0 Å². The average molecular weight is 458 g/mol. The van der Waals surface area contributed by atoms with Gasteiger partial charge < -0.3 is 14.6 Å². The molecular weight excluding hydrogens is 441 g/mol. The van der Waals surface area contributed by atoms with Crippen LogP contribution < -0.4 is 9.47 Å². The van der Waals surface area contributed by atoms with Gasteiger partial charge in [-0.2, -0.15) is 0 Å². The Bertz CT molecular complexity index is 1210. The van der Waals surface area contributed by atoms with Crippen LogP contribution in [0.1, 0.15) is 5.56 Å². The highest BCUT2D eigenvalue weighted by molar-refractivity contribution is 6.32. The van der Waals surface area contributed by atoms with Gasteiger partial charge >= 0.3 is 5.97 Å². The highest BCUT2D eigenvalue weighted by Gasteiger charge is 2.12. The molecular formula is C22H17Cl2N3O4. The molecule has 3 aromatic carbocycles. The van der Waals surface area contributed by atoms with E-state index in [-0.39, 0.29) is 19.6 Å². The molecule has 0 aliphatic heterocycles. The first kappa shape index (κ1) is 21.0. The lowest BCUT2D eigenvalue weighted by Gasteiger charge is -2.13. The summed E-state index contributed by atoms with van der Waals surface area (Å²) in [6, 6.07) is 17.6. The summed E-state index contributed by atoms with van der Waals surface area (Å²) < 4.78 is 11.5. The van der Waals surface area contributed by atoms with Gasteiger partial charge in [-0.05, 0) is 48.0 Å². The van der Waals surface area contributed by atoms with E-state index in [0.717, 1.165) is 11.0 Å². The zero-order valence-corrected chi connectivity index (χ0v) is 17.7. The smallest absolute Gasteiger partial charge is 0.307 e. The molecule has 0 aliphatic rings. The topological polar surface area (TPSA) is 86.5 Å². The number of carboxylic acid groups (broad SMARTS) is 1. The number of hydrogen-bond donors (Lipinski definition) is 1. The lowest BCUT2D eigenvalue weighted by Crippen LogP contribution is -2.11. The van der Waals surface area contributed by atoms with Crippen LogP contribution in [0.5, 0.6) is 11.5 Å². The molecule has 4 aromatic rings. The van der Waals surface area contributed by atoms with Crippen LogP contribution in [0.2, 0.25) is 10.0 Å². The van der Waals surface area contributed by atoms with Gasteiger partial charge in [0.05, 0.1) is 11.4 Å². The first-order valence-corrected chi connectivity index (χ1v) is 10.1. The molecule has 1 aromatic heterocycles. The first-order valence-electron chi connectivity index (χ1n) is 9.37. The fraction of sp³-hybridized carbons (Fsp3) is 0.136. The summed E-state index contributed by atoms with van der Waals surface area (Å²) in [5.74, 6) is 0.0865. The van der Waals surface area contributed by atoms with E-state index in [9.17, 15) is 4.79 Å². The van der Waals surface area contributed by atoms with Crippen LogP contribution in [0.15, 0.2) is 60.7 Å². The molecule has 0 radical (unpaired) electrons. The molecule has 0 fully saturated rings. The lowest BCUT2D eigenvalue weighted by atomic mass is 10.1. The van der Waals surface area contributed by atoms with E-state index in [1.165, 1.54) is 4.80 Å². The van der Waals surface area contributed by atoms with Crippen LogP contribution >= 0.6 is 23.2 Å². The Kier molecular flexibility index (Phi) is 6.25. The molecule has 0 amide bonds. The number of carboxylic acids is 1. The number of carbonyl (C=O) groups is 1. The maximum atomic E-state index is 10.8. The summed E-state index contributed by atoms with van der Waals surface area (Å²) in [5.41, 5.74) is 2.74. The third kappa shape index (κ3) is 5.07. The van der Waals surface area contributed by atoms with Crippen molar-refractivity contribution in [1.29, 1.82) is 0 Å². The Hall–Kier alpha value is -3.29. The van der Waals surface area contributed by atoms with E-state index in [1.807, 2.05) is 24.3 Å². The summed E-state index contributed by atoms with van der Waals surface area (Å²) in [5, 5.41) is 18.7. The van der Waals surface area contributed by atoms with Crippen LogP contribution in [-0.4, -0.2) is 39.3 Å². The largest absolute Gasteiger partial charge is 0.488 e. The highest BCUT2D eigenvalue weighted by Crippen LogP contribution is 2.28. The first-order chi connectivity index (χ1) is 15.0. The fourth-order valence-electron chi connectivity index (χ4n) is 2.99. The maximum Gasteiger partial charge on any atom is 0.307 e. The molecule has 31 heavy (non-hydrogen) atoms. The Morgan fingerprint density at radius 1 is 0.903 bits per heavy atom. The van der Waals surface area contributed by atoms with Gasteiger partial charge in [-0.25, -0.2) is 0 Å². The van der Waals surface area contributed by atoms with Crippen LogP contribution in [0.3, 0.4) is 0 Å². The van der Waals surface area contributed by atoms with E-state index < -0.39 is 5.97 Å². The summed E-state index contributed by atoms with van der Waals surface area (Å²) >= 11 is 12.3. The third-order valence-corrected chi connectivity index (χ3v) is 4.90. The van der Waals surface area contributed by atoms with Crippen molar-refractivity contribution in [2.45, 2.75) is 6.42 Å². The summed E-state index contributed by atoms with van der Waals surface area (Å²) in [4.78, 5) is 12.3. The highest BCUT2D eigenvalue weighted by atomic mass is 35.5. The van der Waals surface area contributed by atoms with Crippen molar-refractivity contribution in [2.75, 3.05) is 13.2 Å². The number of nitrogens with zero attached hydrogens (tertiary/aromatic N) is 3.